The quantitative estimate of drug-likeness (QED) is 0.574. The third kappa shape index (κ3) is 2.58. The van der Waals surface area contributed by atoms with Gasteiger partial charge in [0, 0.05) is 0 Å². The lowest BCUT2D eigenvalue weighted by Crippen LogP contribution is -1.86. The third-order valence-corrected chi connectivity index (χ3v) is 1.80. The minimum absolute atomic E-state index is 1.03. The van der Waals surface area contributed by atoms with E-state index in [-0.39, 0.29) is 0 Å². The Morgan fingerprint density at radius 3 is 2.45 bits per heavy atom. The maximum absolute atomic E-state index is 3.97. The van der Waals surface area contributed by atoms with Crippen LogP contribution in [0.2, 0.25) is 0 Å². The number of allylic oxidation sites excluding steroid dienone is 1. The number of hydrogen-bond donors (Lipinski definition) is 0. The summed E-state index contributed by atoms with van der Waals surface area (Å²) in [7, 11) is 0. The van der Waals surface area contributed by atoms with Crippen molar-refractivity contribution in [3.63, 3.8) is 0 Å². The van der Waals surface area contributed by atoms with E-state index < -0.39 is 0 Å². The summed E-state index contributed by atoms with van der Waals surface area (Å²) in [6, 6.07) is 10.5. The molecule has 11 heavy (non-hydrogen) atoms. The van der Waals surface area contributed by atoms with Gasteiger partial charge in [0.25, 0.3) is 0 Å². The molecule has 0 heteroatoms. The summed E-state index contributed by atoms with van der Waals surface area (Å²) in [6.45, 7) is 6.11. The van der Waals surface area contributed by atoms with Gasteiger partial charge < -0.3 is 0 Å². The second-order valence-corrected chi connectivity index (χ2v) is 2.77. The molecule has 0 saturated heterocycles. The average molecular weight is 146 g/mol. The lowest BCUT2D eigenvalue weighted by Gasteiger charge is -2.00. The van der Waals surface area contributed by atoms with E-state index in [9.17, 15) is 0 Å². The van der Waals surface area contributed by atoms with E-state index in [1.807, 2.05) is 6.07 Å². The van der Waals surface area contributed by atoms with Crippen LogP contribution < -0.4 is 0 Å². The Morgan fingerprint density at radius 1 is 1.27 bits per heavy atom. The zero-order valence-electron chi connectivity index (χ0n) is 7.01. The molecule has 58 valence electrons. The molecule has 0 atom stereocenters. The molecule has 0 aliphatic heterocycles. The normalized spacial score (nSPS) is 9.55. The Morgan fingerprint density at radius 2 is 1.91 bits per heavy atom. The molecule has 0 aliphatic carbocycles. The fourth-order valence-corrected chi connectivity index (χ4v) is 1.01. The highest BCUT2D eigenvalue weighted by Gasteiger charge is 1.92. The van der Waals surface area contributed by atoms with Crippen molar-refractivity contribution >= 4 is 0 Å². The lowest BCUT2D eigenvalue weighted by atomic mass is 10.1. The van der Waals surface area contributed by atoms with Crippen molar-refractivity contribution in [2.24, 2.45) is 0 Å². The van der Waals surface area contributed by atoms with E-state index >= 15 is 0 Å². The minimum Gasteiger partial charge on any atom is -0.0995 e. The van der Waals surface area contributed by atoms with Gasteiger partial charge in [-0.3, -0.25) is 0 Å². The summed E-state index contributed by atoms with van der Waals surface area (Å²) in [5.74, 6) is 0. The van der Waals surface area contributed by atoms with Crippen molar-refractivity contribution in [2.45, 2.75) is 19.8 Å². The van der Waals surface area contributed by atoms with Gasteiger partial charge in [0.05, 0.1) is 0 Å². The van der Waals surface area contributed by atoms with Crippen LogP contribution in [0.4, 0.5) is 0 Å². The molecule has 0 saturated carbocycles. The number of benzene rings is 1. The van der Waals surface area contributed by atoms with E-state index in [4.69, 9.17) is 0 Å². The highest BCUT2D eigenvalue weighted by Crippen LogP contribution is 2.07. The van der Waals surface area contributed by atoms with Gasteiger partial charge in [-0.05, 0) is 18.4 Å². The van der Waals surface area contributed by atoms with E-state index in [0.717, 1.165) is 12.8 Å². The van der Waals surface area contributed by atoms with Gasteiger partial charge in [0.2, 0.25) is 0 Å². The lowest BCUT2D eigenvalue weighted by molar-refractivity contribution is 1.01. The van der Waals surface area contributed by atoms with Crippen molar-refractivity contribution in [1.29, 1.82) is 0 Å². The van der Waals surface area contributed by atoms with Crippen LogP contribution in [-0.2, 0) is 6.42 Å². The fourth-order valence-electron chi connectivity index (χ4n) is 1.01. The topological polar surface area (TPSA) is 0 Å². The zero-order valence-corrected chi connectivity index (χ0v) is 7.01. The second-order valence-electron chi connectivity index (χ2n) is 2.77. The van der Waals surface area contributed by atoms with Gasteiger partial charge >= 0.3 is 0 Å². The molecule has 1 rings (SSSR count). The van der Waals surface area contributed by atoms with E-state index in [1.54, 1.807) is 0 Å². The largest absolute Gasteiger partial charge is 0.0995 e. The van der Waals surface area contributed by atoms with E-state index in [2.05, 4.69) is 37.8 Å². The van der Waals surface area contributed by atoms with Crippen molar-refractivity contribution in [1.82, 2.24) is 0 Å². The molecule has 0 spiro atoms. The van der Waals surface area contributed by atoms with Crippen LogP contribution in [0, 0.1) is 0 Å². The molecule has 0 bridgehead atoms. The molecule has 1 aromatic carbocycles. The molecule has 0 unspecified atom stereocenters. The van der Waals surface area contributed by atoms with Crippen LogP contribution in [0.15, 0.2) is 42.5 Å². The number of hydrogen-bond acceptors (Lipinski definition) is 0. The monoisotopic (exact) mass is 146 g/mol. The van der Waals surface area contributed by atoms with Crippen LogP contribution in [0.1, 0.15) is 18.9 Å². The van der Waals surface area contributed by atoms with Gasteiger partial charge in [0.1, 0.15) is 0 Å². The molecular weight excluding hydrogens is 132 g/mol. The molecule has 0 aromatic heterocycles. The zero-order chi connectivity index (χ0) is 8.10. The van der Waals surface area contributed by atoms with Crippen LogP contribution in [0.5, 0.6) is 0 Å². The summed E-state index contributed by atoms with van der Waals surface area (Å²) in [5.41, 5.74) is 2.66. The molecule has 0 heterocycles. The Kier molecular flexibility index (Phi) is 2.91. The molecule has 0 aliphatic rings. The molecule has 0 radical (unpaired) electrons. The summed E-state index contributed by atoms with van der Waals surface area (Å²) in [6.07, 6.45) is 2.10. The Balaban J connectivity index is 2.58. The second kappa shape index (κ2) is 3.97. The van der Waals surface area contributed by atoms with E-state index in [1.165, 1.54) is 11.1 Å². The van der Waals surface area contributed by atoms with Crippen LogP contribution in [-0.4, -0.2) is 0 Å². The Hall–Kier alpha value is -1.04. The van der Waals surface area contributed by atoms with Crippen molar-refractivity contribution < 1.29 is 0 Å². The predicted molar refractivity (Wildman–Crippen MR) is 49.6 cm³/mol. The third-order valence-electron chi connectivity index (χ3n) is 1.80. The predicted octanol–water partition coefficient (Wildman–Crippen LogP) is 3.20. The van der Waals surface area contributed by atoms with Gasteiger partial charge in [0.15, 0.2) is 0 Å². The Labute approximate surface area is 68.6 Å². The van der Waals surface area contributed by atoms with Crippen molar-refractivity contribution in [3.8, 4) is 0 Å². The SMILES string of the molecule is C=C(CC)Cc1ccccc1. The van der Waals surface area contributed by atoms with Gasteiger partial charge in [-0.1, -0.05) is 49.4 Å². The summed E-state index contributed by atoms with van der Waals surface area (Å²) in [4.78, 5) is 0. The molecular formula is C11H14. The van der Waals surface area contributed by atoms with Crippen LogP contribution in [0.3, 0.4) is 0 Å². The minimum atomic E-state index is 1.03. The highest BCUT2D eigenvalue weighted by molar-refractivity contribution is 5.20. The molecule has 1 aromatic rings. The smallest absolute Gasteiger partial charge is 0.00699 e. The maximum atomic E-state index is 3.97. The van der Waals surface area contributed by atoms with Crippen molar-refractivity contribution in [3.05, 3.63) is 48.0 Å². The molecule has 0 amide bonds. The van der Waals surface area contributed by atoms with Crippen LogP contribution >= 0.6 is 0 Å². The first kappa shape index (κ1) is 8.06. The van der Waals surface area contributed by atoms with E-state index in [0.29, 0.717) is 0 Å². The average Bonchev–Trinajstić information content (AvgIpc) is 2.06. The van der Waals surface area contributed by atoms with Gasteiger partial charge in [-0.2, -0.15) is 0 Å². The molecule has 0 nitrogen and oxygen atoms in total. The fraction of sp³-hybridized carbons (Fsp3) is 0.273. The summed E-state index contributed by atoms with van der Waals surface area (Å²) in [5, 5.41) is 0. The first-order chi connectivity index (χ1) is 5.33. The van der Waals surface area contributed by atoms with Crippen LogP contribution in [0.25, 0.3) is 0 Å². The molecule has 0 N–H and O–H groups in total. The Bertz CT molecular complexity index is 221. The van der Waals surface area contributed by atoms with Gasteiger partial charge in [-0.15, -0.1) is 0 Å². The maximum Gasteiger partial charge on any atom is -0.00699 e. The first-order valence-electron chi connectivity index (χ1n) is 4.03. The first-order valence-corrected chi connectivity index (χ1v) is 4.03. The molecule has 0 fully saturated rings. The number of rotatable bonds is 3. The standard InChI is InChI=1S/C11H14/c1-3-10(2)9-11-7-5-4-6-8-11/h4-8H,2-3,9H2,1H3. The van der Waals surface area contributed by atoms with Crippen molar-refractivity contribution in [2.75, 3.05) is 0 Å². The summed E-state index contributed by atoms with van der Waals surface area (Å²) < 4.78 is 0. The highest BCUT2D eigenvalue weighted by atomic mass is 14.0. The summed E-state index contributed by atoms with van der Waals surface area (Å²) >= 11 is 0. The van der Waals surface area contributed by atoms with Gasteiger partial charge in [-0.25, -0.2) is 0 Å².